The van der Waals surface area contributed by atoms with Crippen LogP contribution in [0.5, 0.6) is 0 Å². The average molecular weight is 473 g/mol. The van der Waals surface area contributed by atoms with Crippen molar-refractivity contribution in [2.24, 2.45) is 0 Å². The number of aromatic carboxylic acids is 1. The lowest BCUT2D eigenvalue weighted by atomic mass is 9.91. The molecule has 36 heavy (non-hydrogen) atoms. The average Bonchev–Trinajstić information content (AvgIpc) is 3.35. The summed E-state index contributed by atoms with van der Waals surface area (Å²) >= 11 is 0. The Hall–Kier alpha value is -5.10. The number of aromatic nitrogens is 6. The quantitative estimate of drug-likeness (QED) is 0.381. The molecule has 0 aliphatic carbocycles. The highest BCUT2D eigenvalue weighted by molar-refractivity contribution is 5.87. The van der Waals surface area contributed by atoms with E-state index in [1.165, 1.54) is 0 Å². The van der Waals surface area contributed by atoms with E-state index in [1.807, 2.05) is 30.3 Å². The maximum absolute atomic E-state index is 11.1. The lowest BCUT2D eigenvalue weighted by Crippen LogP contribution is -2.46. The molecule has 1 aliphatic heterocycles. The predicted molar refractivity (Wildman–Crippen MR) is 133 cm³/mol. The molecular weight excluding hydrogens is 454 g/mol. The van der Waals surface area contributed by atoms with Gasteiger partial charge in [-0.05, 0) is 53.9 Å². The van der Waals surface area contributed by atoms with Gasteiger partial charge in [-0.2, -0.15) is 5.10 Å². The van der Waals surface area contributed by atoms with E-state index in [9.17, 15) is 4.79 Å². The van der Waals surface area contributed by atoms with Crippen molar-refractivity contribution in [3.05, 3.63) is 95.6 Å². The van der Waals surface area contributed by atoms with Gasteiger partial charge in [0.15, 0.2) is 5.82 Å². The van der Waals surface area contributed by atoms with Crippen LogP contribution in [-0.4, -0.2) is 54.3 Å². The predicted octanol–water partition coefficient (Wildman–Crippen LogP) is 3.51. The largest absolute Gasteiger partial charge is 0.478 e. The SMILES string of the molecule is O=C(O)c1ccc(C2CN(c3nccc(-c4nccc(C#Cc5ccc6[nH]ncc6c5)n4)n3)C2)cc1. The molecule has 174 valence electrons. The molecule has 0 atom stereocenters. The molecular formula is C27H19N7O2. The van der Waals surface area contributed by atoms with E-state index in [1.54, 1.807) is 42.9 Å². The lowest BCUT2D eigenvalue weighted by molar-refractivity contribution is 0.0697. The molecule has 9 nitrogen and oxygen atoms in total. The van der Waals surface area contributed by atoms with Crippen LogP contribution in [0.1, 0.15) is 33.1 Å². The van der Waals surface area contributed by atoms with Crippen LogP contribution >= 0.6 is 0 Å². The molecule has 1 saturated heterocycles. The van der Waals surface area contributed by atoms with E-state index in [2.05, 4.69) is 46.9 Å². The minimum atomic E-state index is -0.921. The zero-order chi connectivity index (χ0) is 24.5. The number of hydrogen-bond acceptors (Lipinski definition) is 7. The van der Waals surface area contributed by atoms with E-state index in [0.717, 1.165) is 35.1 Å². The van der Waals surface area contributed by atoms with Crippen molar-refractivity contribution in [3.8, 4) is 23.4 Å². The fraction of sp³-hybridized carbons (Fsp3) is 0.111. The first-order valence-corrected chi connectivity index (χ1v) is 11.3. The number of carboxylic acids is 1. The number of nitrogens with one attached hydrogen (secondary N) is 1. The maximum Gasteiger partial charge on any atom is 0.335 e. The van der Waals surface area contributed by atoms with Crippen molar-refractivity contribution >= 4 is 22.8 Å². The molecule has 2 aromatic carbocycles. The summed E-state index contributed by atoms with van der Waals surface area (Å²) in [6, 6.07) is 16.4. The Kier molecular flexibility index (Phi) is 5.31. The fourth-order valence-corrected chi connectivity index (χ4v) is 4.08. The molecule has 0 spiro atoms. The summed E-state index contributed by atoms with van der Waals surface area (Å²) in [5.41, 5.74) is 4.46. The fourth-order valence-electron chi connectivity index (χ4n) is 4.08. The molecule has 0 bridgehead atoms. The van der Waals surface area contributed by atoms with Crippen LogP contribution in [0, 0.1) is 11.8 Å². The molecule has 0 radical (unpaired) electrons. The number of carbonyl (C=O) groups is 1. The number of rotatable bonds is 4. The molecule has 1 fully saturated rings. The van der Waals surface area contributed by atoms with Gasteiger partial charge >= 0.3 is 5.97 Å². The lowest BCUT2D eigenvalue weighted by Gasteiger charge is -2.39. The van der Waals surface area contributed by atoms with E-state index >= 15 is 0 Å². The van der Waals surface area contributed by atoms with E-state index in [-0.39, 0.29) is 5.56 Å². The summed E-state index contributed by atoms with van der Waals surface area (Å²) < 4.78 is 0. The molecule has 0 unspecified atom stereocenters. The molecule has 2 N–H and O–H groups in total. The Morgan fingerprint density at radius 1 is 0.972 bits per heavy atom. The number of fused-ring (bicyclic) bond motifs is 1. The molecule has 3 aromatic heterocycles. The molecule has 0 saturated carbocycles. The second kappa shape index (κ2) is 8.92. The van der Waals surface area contributed by atoms with Crippen molar-refractivity contribution in [2.45, 2.75) is 5.92 Å². The molecule has 9 heteroatoms. The van der Waals surface area contributed by atoms with E-state index in [4.69, 9.17) is 5.11 Å². The van der Waals surface area contributed by atoms with Gasteiger partial charge in [-0.25, -0.2) is 24.7 Å². The highest BCUT2D eigenvalue weighted by Crippen LogP contribution is 2.30. The number of carboxylic acid groups (broad SMARTS) is 1. The zero-order valence-electron chi connectivity index (χ0n) is 19.0. The Morgan fingerprint density at radius 3 is 2.64 bits per heavy atom. The molecule has 1 aliphatic rings. The maximum atomic E-state index is 11.1. The van der Waals surface area contributed by atoms with Gasteiger partial charge in [-0.3, -0.25) is 5.10 Å². The topological polar surface area (TPSA) is 121 Å². The van der Waals surface area contributed by atoms with Gasteiger partial charge in [-0.1, -0.05) is 18.1 Å². The number of benzene rings is 2. The Balaban J connectivity index is 1.17. The summed E-state index contributed by atoms with van der Waals surface area (Å²) in [4.78, 5) is 31.2. The van der Waals surface area contributed by atoms with Crippen LogP contribution in [0.3, 0.4) is 0 Å². The first-order chi connectivity index (χ1) is 17.6. The number of H-pyrrole nitrogens is 1. The van der Waals surface area contributed by atoms with Crippen LogP contribution in [0.15, 0.2) is 73.2 Å². The number of aromatic amines is 1. The van der Waals surface area contributed by atoms with Gasteiger partial charge in [-0.15, -0.1) is 0 Å². The highest BCUT2D eigenvalue weighted by Gasteiger charge is 2.30. The molecule has 0 amide bonds. The third kappa shape index (κ3) is 4.23. The van der Waals surface area contributed by atoms with Crippen LogP contribution in [0.4, 0.5) is 5.95 Å². The summed E-state index contributed by atoms with van der Waals surface area (Å²) in [7, 11) is 0. The molecule has 4 heterocycles. The van der Waals surface area contributed by atoms with Gasteiger partial charge in [0.2, 0.25) is 5.95 Å². The number of anilines is 1. The van der Waals surface area contributed by atoms with Crippen molar-refractivity contribution < 1.29 is 9.90 Å². The Bertz CT molecular complexity index is 1640. The van der Waals surface area contributed by atoms with Crippen LogP contribution in [0.25, 0.3) is 22.4 Å². The zero-order valence-corrected chi connectivity index (χ0v) is 19.0. The first kappa shape index (κ1) is 21.4. The summed E-state index contributed by atoms with van der Waals surface area (Å²) in [5, 5.41) is 17.0. The first-order valence-electron chi connectivity index (χ1n) is 11.3. The standard InChI is InChI=1S/C27H19N7O2/c35-26(36)19-5-3-18(4-6-19)21-15-34(16-21)27-29-12-10-24(32-27)25-28-11-9-22(31-25)7-1-17-2-8-23-20(13-17)14-30-33-23/h2-6,8-14,21H,15-16H2,(H,30,33)(H,35,36). The van der Waals surface area contributed by atoms with Crippen molar-refractivity contribution in [3.63, 3.8) is 0 Å². The number of hydrogen-bond donors (Lipinski definition) is 2. The van der Waals surface area contributed by atoms with E-state index in [0.29, 0.717) is 29.1 Å². The van der Waals surface area contributed by atoms with Gasteiger partial charge in [0.25, 0.3) is 0 Å². The van der Waals surface area contributed by atoms with Gasteiger partial charge in [0, 0.05) is 42.4 Å². The molecule has 5 aromatic rings. The Morgan fingerprint density at radius 2 is 1.81 bits per heavy atom. The Labute approximate surface area is 205 Å². The van der Waals surface area contributed by atoms with Gasteiger partial charge in [0.05, 0.1) is 17.3 Å². The summed E-state index contributed by atoms with van der Waals surface area (Å²) in [6.07, 6.45) is 5.15. The van der Waals surface area contributed by atoms with Crippen molar-refractivity contribution in [1.82, 2.24) is 30.1 Å². The monoisotopic (exact) mass is 473 g/mol. The van der Waals surface area contributed by atoms with Crippen molar-refractivity contribution in [2.75, 3.05) is 18.0 Å². The van der Waals surface area contributed by atoms with Crippen LogP contribution in [-0.2, 0) is 0 Å². The minimum absolute atomic E-state index is 0.289. The highest BCUT2D eigenvalue weighted by atomic mass is 16.4. The van der Waals surface area contributed by atoms with Crippen molar-refractivity contribution in [1.29, 1.82) is 0 Å². The normalized spacial score (nSPS) is 13.2. The van der Waals surface area contributed by atoms with Crippen LogP contribution in [0.2, 0.25) is 0 Å². The third-order valence-electron chi connectivity index (χ3n) is 6.10. The third-order valence-corrected chi connectivity index (χ3v) is 6.10. The smallest absolute Gasteiger partial charge is 0.335 e. The van der Waals surface area contributed by atoms with Gasteiger partial charge < -0.3 is 10.0 Å². The second-order valence-electron chi connectivity index (χ2n) is 8.46. The van der Waals surface area contributed by atoms with E-state index < -0.39 is 5.97 Å². The van der Waals surface area contributed by atoms with Gasteiger partial charge in [0.1, 0.15) is 11.4 Å². The molecule has 6 rings (SSSR count). The summed E-state index contributed by atoms with van der Waals surface area (Å²) in [5.74, 6) is 6.72. The summed E-state index contributed by atoms with van der Waals surface area (Å²) in [6.45, 7) is 1.51. The van der Waals surface area contributed by atoms with Crippen LogP contribution < -0.4 is 4.90 Å². The number of nitrogens with zero attached hydrogens (tertiary/aromatic N) is 6. The minimum Gasteiger partial charge on any atom is -0.478 e. The second-order valence-corrected chi connectivity index (χ2v) is 8.46.